The minimum Gasteiger partial charge on any atom is -0.456 e. The highest BCUT2D eigenvalue weighted by Gasteiger charge is 2.56. The first kappa shape index (κ1) is 63.1. The second-order valence-corrected chi connectivity index (χ2v) is 27.1. The topological polar surface area (TPSA) is 84.0 Å². The van der Waals surface area contributed by atoms with E-state index in [2.05, 4.69) is 293 Å². The van der Waals surface area contributed by atoms with Crippen LogP contribution in [0.3, 0.4) is 0 Å². The van der Waals surface area contributed by atoms with E-state index >= 15 is 0 Å². The fourth-order valence-corrected chi connectivity index (χ4v) is 16.0. The van der Waals surface area contributed by atoms with Gasteiger partial charge in [0.25, 0.3) is 0 Å². The molecule has 100 heavy (non-hydrogen) atoms. The van der Waals surface area contributed by atoms with Crippen molar-refractivity contribution in [2.24, 2.45) is 0 Å². The van der Waals surface area contributed by atoms with Crippen molar-refractivity contribution in [1.82, 2.24) is 0 Å². The van der Waals surface area contributed by atoms with E-state index in [1.165, 1.54) is 22.3 Å². The highest BCUT2D eigenvalue weighted by atomic mass is 16.6. The molecule has 0 fully saturated rings. The second-order valence-electron chi connectivity index (χ2n) is 27.1. The van der Waals surface area contributed by atoms with Crippen LogP contribution in [0.2, 0.25) is 0 Å². The van der Waals surface area contributed by atoms with Crippen molar-refractivity contribution >= 4 is 57.4 Å². The van der Waals surface area contributed by atoms with E-state index in [4.69, 9.17) is 18.9 Å². The number of fused-ring (bicyclic) bond motifs is 12. The SMILES string of the molecule is CCN(c1ccc2c(c1)Oc1cc(C)c(N(Cc3ccccc3)c3ccc(C(C)(CC)c4ccc(N(Cc5ccccc5)c5cc6c(cc5C)Oc5cc(N(CC)c7ccccc7C)ccc5C65OC(=O)c6ccccc65)cc4)cc3)cc1C21OC(=O)c2ccccc21)c1ccccc1C. The molecular weight excluding hydrogens is 1230 g/mol. The number of rotatable bonds is 17. The van der Waals surface area contributed by atoms with Gasteiger partial charge in [0.15, 0.2) is 11.2 Å². The molecule has 0 aromatic heterocycles. The number of esters is 2. The van der Waals surface area contributed by atoms with Crippen molar-refractivity contribution in [3.63, 3.8) is 0 Å². The molecule has 12 aromatic rings. The summed E-state index contributed by atoms with van der Waals surface area (Å²) in [4.78, 5) is 37.9. The number of para-hydroxylation sites is 2. The molecule has 4 heterocycles. The number of nitrogens with zero attached hydrogens (tertiary/aromatic N) is 4. The molecule has 0 bridgehead atoms. The summed E-state index contributed by atoms with van der Waals surface area (Å²) in [5.41, 5.74) is 19.9. The lowest BCUT2D eigenvalue weighted by atomic mass is 9.74. The summed E-state index contributed by atoms with van der Waals surface area (Å²) in [7, 11) is 0. The molecule has 10 nitrogen and oxygen atoms in total. The molecule has 0 N–H and O–H groups in total. The maximum Gasteiger partial charge on any atom is 0.340 e. The third-order valence-corrected chi connectivity index (χ3v) is 21.4. The van der Waals surface area contributed by atoms with E-state index in [1.54, 1.807) is 0 Å². The van der Waals surface area contributed by atoms with Gasteiger partial charge in [-0.15, -0.1) is 0 Å². The van der Waals surface area contributed by atoms with Gasteiger partial charge in [-0.2, -0.15) is 0 Å². The van der Waals surface area contributed by atoms with E-state index in [-0.39, 0.29) is 17.4 Å². The third-order valence-electron chi connectivity index (χ3n) is 21.4. The van der Waals surface area contributed by atoms with Crippen LogP contribution in [0.1, 0.15) is 133 Å². The first-order valence-corrected chi connectivity index (χ1v) is 34.8. The summed E-state index contributed by atoms with van der Waals surface area (Å²) in [5, 5.41) is 0. The normalized spacial score (nSPS) is 16.3. The Morgan fingerprint density at radius 2 is 0.690 bits per heavy atom. The lowest BCUT2D eigenvalue weighted by Crippen LogP contribution is -2.33. The number of hydrogen-bond acceptors (Lipinski definition) is 10. The van der Waals surface area contributed by atoms with E-state index < -0.39 is 11.2 Å². The van der Waals surface area contributed by atoms with Gasteiger partial charge in [0.2, 0.25) is 0 Å². The van der Waals surface area contributed by atoms with Crippen LogP contribution < -0.4 is 29.1 Å². The third kappa shape index (κ3) is 10.3. The Morgan fingerprint density at radius 1 is 0.330 bits per heavy atom. The molecule has 2 spiro atoms. The van der Waals surface area contributed by atoms with Crippen LogP contribution in [0.4, 0.5) is 45.5 Å². The number of carbonyl (C=O) groups excluding carboxylic acids is 2. The molecule has 494 valence electrons. The summed E-state index contributed by atoms with van der Waals surface area (Å²) in [6.07, 6.45) is 0.836. The molecule has 4 aliphatic rings. The predicted molar refractivity (Wildman–Crippen MR) is 401 cm³/mol. The van der Waals surface area contributed by atoms with Crippen LogP contribution in [0.25, 0.3) is 0 Å². The number of ether oxygens (including phenoxy) is 4. The fraction of sp³-hybridized carbons (Fsp3) is 0.178. The van der Waals surface area contributed by atoms with Crippen molar-refractivity contribution in [3.8, 4) is 23.0 Å². The minimum absolute atomic E-state index is 0.371. The number of anilines is 8. The van der Waals surface area contributed by atoms with Crippen LogP contribution in [0.15, 0.2) is 267 Å². The van der Waals surface area contributed by atoms with Crippen molar-refractivity contribution in [3.05, 3.63) is 356 Å². The average Bonchev–Trinajstić information content (AvgIpc) is 1.45. The van der Waals surface area contributed by atoms with Crippen molar-refractivity contribution in [1.29, 1.82) is 0 Å². The lowest BCUT2D eigenvalue weighted by molar-refractivity contribution is 0.0214. The highest BCUT2D eigenvalue weighted by molar-refractivity contribution is 5.98. The molecule has 10 heteroatoms. The lowest BCUT2D eigenvalue weighted by Gasteiger charge is -2.39. The Balaban J connectivity index is 0.754. The van der Waals surface area contributed by atoms with Gasteiger partial charge in [0.05, 0.1) is 11.1 Å². The summed E-state index contributed by atoms with van der Waals surface area (Å²) in [5.74, 6) is 1.82. The van der Waals surface area contributed by atoms with Crippen LogP contribution in [-0.2, 0) is 39.2 Å². The van der Waals surface area contributed by atoms with Crippen molar-refractivity contribution in [2.45, 2.75) is 91.5 Å². The van der Waals surface area contributed by atoms with Crippen LogP contribution in [0.5, 0.6) is 23.0 Å². The van der Waals surface area contributed by atoms with E-state index in [0.717, 1.165) is 121 Å². The summed E-state index contributed by atoms with van der Waals surface area (Å²) >= 11 is 0. The van der Waals surface area contributed by atoms with E-state index in [9.17, 15) is 9.59 Å². The Hall–Kier alpha value is -11.6. The molecule has 0 amide bonds. The quantitative estimate of drug-likeness (QED) is 0.0822. The standard InChI is InChI=1S/C90H78N4O6/c1-9-88(8,64-38-42-66(43-39-64)93(56-62-28-14-12-15-29-62)80-54-76-82(50-60(80)6)97-84-52-68(91(10-2)78-36-24-18-26-58(78)4)46-48-74(84)89(76)72-34-22-20-32-70(72)86(95)99-89)65-40-44-67(45-41-65)94(57-63-30-16-13-17-31-63)81-55-77-83(51-61(81)7)98-85-53-69(92(11-3)79-37-25-19-27-59(79)5)47-49-75(85)90(77)73-35-23-21-33-71(73)87(96)100-90/h12-55H,9-11,56-57H2,1-8H3. The highest BCUT2D eigenvalue weighted by Crippen LogP contribution is 2.60. The molecule has 12 aromatic carbocycles. The molecule has 16 rings (SSSR count). The Bertz CT molecular complexity index is 4870. The van der Waals surface area contributed by atoms with Gasteiger partial charge in [-0.3, -0.25) is 0 Å². The summed E-state index contributed by atoms with van der Waals surface area (Å²) < 4.78 is 27.8. The zero-order valence-corrected chi connectivity index (χ0v) is 57.7. The molecular formula is C90H78N4O6. The second kappa shape index (κ2) is 25.0. The predicted octanol–water partition coefficient (Wildman–Crippen LogP) is 21.8. The summed E-state index contributed by atoms with van der Waals surface area (Å²) in [6, 6.07) is 92.9. The van der Waals surface area contributed by atoms with Crippen molar-refractivity contribution < 1.29 is 28.5 Å². The van der Waals surface area contributed by atoms with Gasteiger partial charge in [0.1, 0.15) is 23.0 Å². The van der Waals surface area contributed by atoms with Crippen LogP contribution in [0, 0.1) is 27.7 Å². The van der Waals surface area contributed by atoms with Crippen LogP contribution in [-0.4, -0.2) is 25.0 Å². The Labute approximate surface area is 585 Å². The van der Waals surface area contributed by atoms with Gasteiger partial charge >= 0.3 is 11.9 Å². The molecule has 0 saturated heterocycles. The minimum atomic E-state index is -1.29. The maximum absolute atomic E-state index is 14.3. The Morgan fingerprint density at radius 3 is 1.08 bits per heavy atom. The maximum atomic E-state index is 14.3. The largest absolute Gasteiger partial charge is 0.456 e. The van der Waals surface area contributed by atoms with E-state index in [0.29, 0.717) is 47.2 Å². The molecule has 0 radical (unpaired) electrons. The Kier molecular flexibility index (Phi) is 15.8. The first-order chi connectivity index (χ1) is 48.7. The van der Waals surface area contributed by atoms with Crippen molar-refractivity contribution in [2.75, 3.05) is 32.7 Å². The molecule has 0 saturated carbocycles. The zero-order valence-electron chi connectivity index (χ0n) is 57.7. The van der Waals surface area contributed by atoms with Gasteiger partial charge < -0.3 is 38.5 Å². The summed E-state index contributed by atoms with van der Waals surface area (Å²) in [6.45, 7) is 20.1. The number of hydrogen-bond donors (Lipinski definition) is 0. The van der Waals surface area contributed by atoms with Gasteiger partial charge in [-0.05, 0) is 190 Å². The number of carbonyl (C=O) groups is 2. The molecule has 2 unspecified atom stereocenters. The average molecular weight is 1310 g/mol. The van der Waals surface area contributed by atoms with Gasteiger partial charge in [-0.1, -0.05) is 172 Å². The molecule has 4 aliphatic heterocycles. The number of aryl methyl sites for hydroxylation is 4. The van der Waals surface area contributed by atoms with E-state index in [1.807, 2.05) is 48.5 Å². The van der Waals surface area contributed by atoms with Gasteiger partial charge in [-0.25, -0.2) is 9.59 Å². The number of benzene rings is 12. The monoisotopic (exact) mass is 1310 g/mol. The van der Waals surface area contributed by atoms with Crippen LogP contribution >= 0.6 is 0 Å². The fourth-order valence-electron chi connectivity index (χ4n) is 16.0. The molecule has 2 atom stereocenters. The smallest absolute Gasteiger partial charge is 0.340 e. The zero-order chi connectivity index (χ0) is 68.6. The molecule has 0 aliphatic carbocycles. The first-order valence-electron chi connectivity index (χ1n) is 34.8. The van der Waals surface area contributed by atoms with Gasteiger partial charge in [0, 0.05) is 123 Å².